The average Bonchev–Trinajstić information content (AvgIpc) is 2.61. The lowest BCUT2D eigenvalue weighted by Crippen LogP contribution is -2.28. The molecule has 2 aromatic carbocycles. The molecule has 0 radical (unpaired) electrons. The maximum Gasteiger partial charge on any atom is 0.319 e. The lowest BCUT2D eigenvalue weighted by Gasteiger charge is -2.16. The van der Waals surface area contributed by atoms with Crippen LogP contribution < -0.4 is 24.8 Å². The molecular weight excluding hydrogens is 388 g/mol. The third-order valence-corrected chi connectivity index (χ3v) is 4.51. The zero-order valence-electron chi connectivity index (χ0n) is 14.6. The van der Waals surface area contributed by atoms with Crippen molar-refractivity contribution in [1.82, 2.24) is 5.32 Å². The smallest absolute Gasteiger partial charge is 0.319 e. The molecule has 0 atom stereocenters. The zero-order chi connectivity index (χ0) is 18.4. The highest BCUT2D eigenvalue weighted by Crippen LogP contribution is 2.39. The highest BCUT2D eigenvalue weighted by molar-refractivity contribution is 9.10. The molecule has 6 nitrogen and oxygen atoms in total. The van der Waals surface area contributed by atoms with Gasteiger partial charge in [-0.05, 0) is 36.8 Å². The number of carbonyl (C=O) groups excluding carboxylic acids is 1. The SMILES string of the molecule is COc1ccc(CNC(=O)Nc2ccc(C)c(Br)c2)c(OC)c1OC. The second-order valence-corrected chi connectivity index (χ2v) is 6.12. The maximum absolute atomic E-state index is 12.1. The molecule has 0 aliphatic rings. The minimum absolute atomic E-state index is 0.280. The normalized spacial score (nSPS) is 10.1. The molecule has 2 rings (SSSR count). The van der Waals surface area contributed by atoms with Crippen molar-refractivity contribution in [2.45, 2.75) is 13.5 Å². The van der Waals surface area contributed by atoms with Crippen LogP contribution in [-0.2, 0) is 6.54 Å². The summed E-state index contributed by atoms with van der Waals surface area (Å²) in [5.74, 6) is 1.59. The summed E-state index contributed by atoms with van der Waals surface area (Å²) in [6.45, 7) is 2.26. The number of carbonyl (C=O) groups is 1. The molecule has 0 unspecified atom stereocenters. The molecule has 7 heteroatoms. The molecule has 0 saturated carbocycles. The summed E-state index contributed by atoms with van der Waals surface area (Å²) < 4.78 is 16.9. The minimum atomic E-state index is -0.312. The first-order valence-electron chi connectivity index (χ1n) is 7.59. The number of amides is 2. The summed E-state index contributed by atoms with van der Waals surface area (Å²) >= 11 is 3.45. The Morgan fingerprint density at radius 1 is 1.04 bits per heavy atom. The van der Waals surface area contributed by atoms with Gasteiger partial charge in [0.05, 0.1) is 21.3 Å². The topological polar surface area (TPSA) is 68.8 Å². The van der Waals surface area contributed by atoms with Gasteiger partial charge in [0.2, 0.25) is 5.75 Å². The molecule has 0 aliphatic heterocycles. The van der Waals surface area contributed by atoms with E-state index >= 15 is 0 Å². The second kappa shape index (κ2) is 8.62. The van der Waals surface area contributed by atoms with E-state index in [1.54, 1.807) is 27.4 Å². The van der Waals surface area contributed by atoms with Gasteiger partial charge < -0.3 is 24.8 Å². The Hall–Kier alpha value is -2.41. The molecule has 0 saturated heterocycles. The van der Waals surface area contributed by atoms with Gasteiger partial charge >= 0.3 is 6.03 Å². The van der Waals surface area contributed by atoms with Gasteiger partial charge in [-0.1, -0.05) is 22.0 Å². The highest BCUT2D eigenvalue weighted by Gasteiger charge is 2.16. The Balaban J connectivity index is 2.07. The van der Waals surface area contributed by atoms with Gasteiger partial charge in [0, 0.05) is 22.3 Å². The van der Waals surface area contributed by atoms with E-state index < -0.39 is 0 Å². The monoisotopic (exact) mass is 408 g/mol. The number of aryl methyl sites for hydroxylation is 1. The van der Waals surface area contributed by atoms with Crippen LogP contribution in [-0.4, -0.2) is 27.4 Å². The Kier molecular flexibility index (Phi) is 6.52. The molecule has 2 N–H and O–H groups in total. The first kappa shape index (κ1) is 18.9. The van der Waals surface area contributed by atoms with Crippen LogP contribution in [0.25, 0.3) is 0 Å². The number of halogens is 1. The number of urea groups is 1. The van der Waals surface area contributed by atoms with Gasteiger partial charge in [0.15, 0.2) is 11.5 Å². The summed E-state index contributed by atoms with van der Waals surface area (Å²) in [6.07, 6.45) is 0. The van der Waals surface area contributed by atoms with E-state index in [4.69, 9.17) is 14.2 Å². The molecular formula is C18H21BrN2O4. The van der Waals surface area contributed by atoms with Crippen molar-refractivity contribution in [2.75, 3.05) is 26.6 Å². The fourth-order valence-electron chi connectivity index (χ4n) is 2.32. The Labute approximate surface area is 155 Å². The molecule has 0 aliphatic carbocycles. The largest absolute Gasteiger partial charge is 0.493 e. The Bertz CT molecular complexity index is 765. The van der Waals surface area contributed by atoms with Gasteiger partial charge in [0.25, 0.3) is 0 Å². The quantitative estimate of drug-likeness (QED) is 0.754. The number of nitrogens with one attached hydrogen (secondary N) is 2. The number of ether oxygens (including phenoxy) is 3. The predicted molar refractivity (Wildman–Crippen MR) is 101 cm³/mol. The third-order valence-electron chi connectivity index (χ3n) is 3.65. The van der Waals surface area contributed by atoms with E-state index in [-0.39, 0.29) is 12.6 Å². The lowest BCUT2D eigenvalue weighted by molar-refractivity contribution is 0.251. The van der Waals surface area contributed by atoms with Crippen molar-refractivity contribution in [1.29, 1.82) is 0 Å². The molecule has 0 heterocycles. The Morgan fingerprint density at radius 2 is 1.76 bits per heavy atom. The van der Waals surface area contributed by atoms with Crippen molar-refractivity contribution in [2.24, 2.45) is 0 Å². The van der Waals surface area contributed by atoms with E-state index in [0.717, 1.165) is 15.6 Å². The molecule has 25 heavy (non-hydrogen) atoms. The van der Waals surface area contributed by atoms with Crippen molar-refractivity contribution < 1.29 is 19.0 Å². The predicted octanol–water partition coefficient (Wildman–Crippen LogP) is 4.11. The highest BCUT2D eigenvalue weighted by atomic mass is 79.9. The van der Waals surface area contributed by atoms with Crippen LogP contribution >= 0.6 is 15.9 Å². The summed E-state index contributed by atoms with van der Waals surface area (Å²) in [5.41, 5.74) is 2.58. The van der Waals surface area contributed by atoms with Crippen molar-refractivity contribution in [3.05, 3.63) is 45.9 Å². The second-order valence-electron chi connectivity index (χ2n) is 5.27. The van der Waals surface area contributed by atoms with Crippen molar-refractivity contribution in [3.63, 3.8) is 0 Å². The summed E-state index contributed by atoms with van der Waals surface area (Å²) in [4.78, 5) is 12.1. The molecule has 0 bridgehead atoms. The number of hydrogen-bond donors (Lipinski definition) is 2. The van der Waals surface area contributed by atoms with Gasteiger partial charge in [-0.15, -0.1) is 0 Å². The van der Waals surface area contributed by atoms with E-state index in [2.05, 4.69) is 26.6 Å². The fourth-order valence-corrected chi connectivity index (χ4v) is 2.70. The average molecular weight is 409 g/mol. The first-order valence-corrected chi connectivity index (χ1v) is 8.38. The minimum Gasteiger partial charge on any atom is -0.493 e. The van der Waals surface area contributed by atoms with E-state index in [0.29, 0.717) is 22.9 Å². The van der Waals surface area contributed by atoms with Crippen LogP contribution in [0.2, 0.25) is 0 Å². The van der Waals surface area contributed by atoms with Crippen LogP contribution in [0.1, 0.15) is 11.1 Å². The van der Waals surface area contributed by atoms with Gasteiger partial charge in [0.1, 0.15) is 0 Å². The van der Waals surface area contributed by atoms with Gasteiger partial charge in [-0.25, -0.2) is 4.79 Å². The standard InChI is InChI=1S/C18H21BrN2O4/c1-11-5-7-13(9-14(11)19)21-18(22)20-10-12-6-8-15(23-2)17(25-4)16(12)24-3/h5-9H,10H2,1-4H3,(H2,20,21,22). The summed E-state index contributed by atoms with van der Waals surface area (Å²) in [6, 6.07) is 8.91. The molecule has 134 valence electrons. The van der Waals surface area contributed by atoms with E-state index in [9.17, 15) is 4.79 Å². The number of benzene rings is 2. The number of anilines is 1. The molecule has 2 amide bonds. The summed E-state index contributed by atoms with van der Waals surface area (Å²) in [5, 5.41) is 5.60. The fraction of sp³-hybridized carbons (Fsp3) is 0.278. The van der Waals surface area contributed by atoms with Crippen LogP contribution in [0.15, 0.2) is 34.8 Å². The van der Waals surface area contributed by atoms with Crippen LogP contribution in [0, 0.1) is 6.92 Å². The Morgan fingerprint density at radius 3 is 2.36 bits per heavy atom. The first-order chi connectivity index (χ1) is 12.0. The molecule has 0 fully saturated rings. The van der Waals surface area contributed by atoms with Gasteiger partial charge in [-0.2, -0.15) is 0 Å². The maximum atomic E-state index is 12.1. The zero-order valence-corrected chi connectivity index (χ0v) is 16.2. The van der Waals surface area contributed by atoms with Crippen molar-refractivity contribution in [3.8, 4) is 17.2 Å². The van der Waals surface area contributed by atoms with Crippen LogP contribution in [0.5, 0.6) is 17.2 Å². The number of rotatable bonds is 6. The van der Waals surface area contributed by atoms with E-state index in [1.165, 1.54) is 0 Å². The summed E-state index contributed by atoms with van der Waals surface area (Å²) in [7, 11) is 4.65. The van der Waals surface area contributed by atoms with E-state index in [1.807, 2.05) is 31.2 Å². The molecule has 0 aromatic heterocycles. The number of hydrogen-bond acceptors (Lipinski definition) is 4. The van der Waals surface area contributed by atoms with Crippen LogP contribution in [0.3, 0.4) is 0 Å². The molecule has 0 spiro atoms. The van der Waals surface area contributed by atoms with Crippen LogP contribution in [0.4, 0.5) is 10.5 Å². The van der Waals surface area contributed by atoms with Gasteiger partial charge in [-0.3, -0.25) is 0 Å². The van der Waals surface area contributed by atoms with Crippen molar-refractivity contribution >= 4 is 27.6 Å². The molecule has 2 aromatic rings. The third kappa shape index (κ3) is 4.57. The lowest BCUT2D eigenvalue weighted by atomic mass is 10.1. The number of methoxy groups -OCH3 is 3.